The van der Waals surface area contributed by atoms with Crippen LogP contribution in [0.1, 0.15) is 39.7 Å². The third-order valence-corrected chi connectivity index (χ3v) is 4.84. The lowest BCUT2D eigenvalue weighted by Crippen LogP contribution is -2.72. The Hall–Kier alpha value is -2.07. The molecule has 1 atom stereocenters. The highest BCUT2D eigenvalue weighted by atomic mass is 19.4. The first-order valence-corrected chi connectivity index (χ1v) is 9.75. The summed E-state index contributed by atoms with van der Waals surface area (Å²) >= 11 is 0. The number of halogens is 15. The number of rotatable bonds is 9. The molecule has 0 heterocycles. The van der Waals surface area contributed by atoms with Crippen LogP contribution in [0.15, 0.2) is 24.3 Å². The minimum atomic E-state index is -8.38. The SMILES string of the molecule is CC(C)(C)Oc1cccc(C(C)(O)CC(F)(F)C(F)(F)C(F)(F)C(F)(F)C(F)(F)C(F)(F)C(F)(F)F)c1. The van der Waals surface area contributed by atoms with Crippen molar-refractivity contribution >= 4 is 0 Å². The Morgan fingerprint density at radius 2 is 1.03 bits per heavy atom. The Morgan fingerprint density at radius 1 is 0.622 bits per heavy atom. The summed E-state index contributed by atoms with van der Waals surface area (Å²) in [5, 5.41) is 10.3. The zero-order valence-electron chi connectivity index (χ0n) is 19.0. The zero-order valence-corrected chi connectivity index (χ0v) is 19.0. The Morgan fingerprint density at radius 3 is 1.43 bits per heavy atom. The summed E-state index contributed by atoms with van der Waals surface area (Å²) in [6.07, 6.45) is -10.6. The van der Waals surface area contributed by atoms with E-state index in [0.717, 1.165) is 18.2 Å². The molecular weight excluding hydrogens is 557 g/mol. The molecule has 17 heteroatoms. The molecule has 0 amide bonds. The van der Waals surface area contributed by atoms with Crippen molar-refractivity contribution in [2.45, 2.75) is 87.0 Å². The van der Waals surface area contributed by atoms with Gasteiger partial charge in [0.15, 0.2) is 0 Å². The van der Waals surface area contributed by atoms with Crippen molar-refractivity contribution in [1.82, 2.24) is 0 Å². The maximum atomic E-state index is 14.3. The molecule has 2 nitrogen and oxygen atoms in total. The van der Waals surface area contributed by atoms with E-state index in [4.69, 9.17) is 4.74 Å². The highest BCUT2D eigenvalue weighted by Gasteiger charge is 2.93. The summed E-state index contributed by atoms with van der Waals surface area (Å²) < 4.78 is 206. The molecule has 1 unspecified atom stereocenters. The molecule has 1 N–H and O–H groups in total. The van der Waals surface area contributed by atoms with E-state index in [2.05, 4.69) is 0 Å². The van der Waals surface area contributed by atoms with E-state index in [1.165, 1.54) is 26.8 Å². The van der Waals surface area contributed by atoms with Gasteiger partial charge in [0.1, 0.15) is 11.4 Å². The number of alkyl halides is 15. The van der Waals surface area contributed by atoms with Crippen molar-refractivity contribution in [3.8, 4) is 5.75 Å². The predicted octanol–water partition coefficient (Wildman–Crippen LogP) is 7.84. The first kappa shape index (κ1) is 33.0. The van der Waals surface area contributed by atoms with Gasteiger partial charge in [0.25, 0.3) is 0 Å². The van der Waals surface area contributed by atoms with Gasteiger partial charge in [-0.25, -0.2) is 0 Å². The third kappa shape index (κ3) is 5.55. The molecule has 0 aliphatic rings. The first-order chi connectivity index (χ1) is 15.9. The van der Waals surface area contributed by atoms with Crippen LogP contribution in [-0.4, -0.2) is 52.4 Å². The number of aliphatic hydroxyl groups is 1. The zero-order chi connectivity index (χ0) is 29.9. The van der Waals surface area contributed by atoms with Gasteiger partial charge in [-0.1, -0.05) is 12.1 Å². The molecule has 0 saturated heterocycles. The minimum Gasteiger partial charge on any atom is -0.488 e. The summed E-state index contributed by atoms with van der Waals surface area (Å²) in [5.74, 6) is -47.4. The molecule has 0 aromatic heterocycles. The van der Waals surface area contributed by atoms with E-state index in [9.17, 15) is 71.0 Å². The van der Waals surface area contributed by atoms with Crippen molar-refractivity contribution in [2.75, 3.05) is 0 Å². The van der Waals surface area contributed by atoms with Crippen LogP contribution in [-0.2, 0) is 5.60 Å². The van der Waals surface area contributed by atoms with Gasteiger partial charge >= 0.3 is 41.7 Å². The average Bonchev–Trinajstić information content (AvgIpc) is 2.64. The largest absolute Gasteiger partial charge is 0.488 e. The summed E-state index contributed by atoms with van der Waals surface area (Å²) in [6.45, 7) is 4.78. The summed E-state index contributed by atoms with van der Waals surface area (Å²) in [5.41, 5.74) is -5.01. The summed E-state index contributed by atoms with van der Waals surface area (Å²) in [6, 6.07) is 3.71. The molecule has 1 rings (SSSR count). The van der Waals surface area contributed by atoms with Gasteiger partial charge in [-0.3, -0.25) is 0 Å². The van der Waals surface area contributed by atoms with E-state index in [1.807, 2.05) is 0 Å². The van der Waals surface area contributed by atoms with Crippen molar-refractivity contribution in [2.24, 2.45) is 0 Å². The molecule has 37 heavy (non-hydrogen) atoms. The molecule has 0 saturated carbocycles. The first-order valence-electron chi connectivity index (χ1n) is 9.75. The number of hydrogen-bond donors (Lipinski definition) is 1. The van der Waals surface area contributed by atoms with Gasteiger partial charge in [-0.15, -0.1) is 0 Å². The van der Waals surface area contributed by atoms with Crippen LogP contribution in [0.5, 0.6) is 5.75 Å². The second-order valence-corrected chi connectivity index (χ2v) is 9.27. The maximum Gasteiger partial charge on any atom is 0.460 e. The third-order valence-electron chi connectivity index (χ3n) is 4.84. The standard InChI is InChI=1S/C20H19F15O2/c1-12(2,3)37-11-7-5-6-10(8-11)13(4,36)9-14(21,22)15(23,24)16(25,26)17(27,28)18(29,30)19(31,32)20(33,34)35/h5-8,36H,9H2,1-4H3. The van der Waals surface area contributed by atoms with E-state index >= 15 is 0 Å². The van der Waals surface area contributed by atoms with E-state index in [0.29, 0.717) is 6.92 Å². The van der Waals surface area contributed by atoms with Crippen LogP contribution >= 0.6 is 0 Å². The normalized spacial score (nSPS) is 17.0. The Labute approximate surface area is 199 Å². The molecule has 1 aromatic carbocycles. The molecule has 216 valence electrons. The Balaban J connectivity index is 3.52. The van der Waals surface area contributed by atoms with Gasteiger partial charge in [0.2, 0.25) is 0 Å². The van der Waals surface area contributed by atoms with Gasteiger partial charge in [0.05, 0.1) is 12.0 Å². The van der Waals surface area contributed by atoms with Crippen molar-refractivity contribution in [1.29, 1.82) is 0 Å². The van der Waals surface area contributed by atoms with Crippen LogP contribution < -0.4 is 4.74 Å². The topological polar surface area (TPSA) is 29.5 Å². The lowest BCUT2D eigenvalue weighted by atomic mass is 9.83. The van der Waals surface area contributed by atoms with E-state index in [-0.39, 0.29) is 5.75 Å². The van der Waals surface area contributed by atoms with Crippen molar-refractivity contribution in [3.05, 3.63) is 29.8 Å². The van der Waals surface area contributed by atoms with Crippen molar-refractivity contribution in [3.63, 3.8) is 0 Å². The molecule has 0 bridgehead atoms. The lowest BCUT2D eigenvalue weighted by Gasteiger charge is -2.42. The quantitative estimate of drug-likeness (QED) is 0.304. The molecule has 0 aliphatic heterocycles. The second kappa shape index (κ2) is 9.00. The smallest absolute Gasteiger partial charge is 0.460 e. The monoisotopic (exact) mass is 576 g/mol. The van der Waals surface area contributed by atoms with Crippen LogP contribution in [0, 0.1) is 0 Å². The van der Waals surface area contributed by atoms with Crippen molar-refractivity contribution < 1.29 is 75.7 Å². The summed E-state index contributed by atoms with van der Waals surface area (Å²) in [4.78, 5) is 0. The fraction of sp³-hybridized carbons (Fsp3) is 0.700. The van der Waals surface area contributed by atoms with Crippen LogP contribution in [0.4, 0.5) is 65.9 Å². The Kier molecular flexibility index (Phi) is 8.02. The molecular formula is C20H19F15O2. The molecule has 0 aliphatic carbocycles. The fourth-order valence-electron chi connectivity index (χ4n) is 2.89. The maximum absolute atomic E-state index is 14.3. The highest BCUT2D eigenvalue weighted by Crippen LogP contribution is 2.63. The predicted molar refractivity (Wildman–Crippen MR) is 96.7 cm³/mol. The van der Waals surface area contributed by atoms with Gasteiger partial charge in [-0.05, 0) is 45.4 Å². The number of benzene rings is 1. The van der Waals surface area contributed by atoms with Gasteiger partial charge in [-0.2, -0.15) is 65.9 Å². The van der Waals surface area contributed by atoms with Gasteiger partial charge in [0, 0.05) is 0 Å². The minimum absolute atomic E-state index is 0.189. The van der Waals surface area contributed by atoms with E-state index < -0.39 is 64.9 Å². The lowest BCUT2D eigenvalue weighted by molar-refractivity contribution is -0.453. The van der Waals surface area contributed by atoms with E-state index in [1.54, 1.807) is 0 Å². The molecule has 0 spiro atoms. The molecule has 1 aromatic rings. The number of hydrogen-bond acceptors (Lipinski definition) is 2. The Bertz CT molecular complexity index is 959. The molecule has 0 fully saturated rings. The van der Waals surface area contributed by atoms with Crippen LogP contribution in [0.2, 0.25) is 0 Å². The molecule has 0 radical (unpaired) electrons. The number of ether oxygens (including phenoxy) is 1. The van der Waals surface area contributed by atoms with Gasteiger partial charge < -0.3 is 9.84 Å². The van der Waals surface area contributed by atoms with Crippen LogP contribution in [0.25, 0.3) is 0 Å². The highest BCUT2D eigenvalue weighted by molar-refractivity contribution is 5.33. The fourth-order valence-corrected chi connectivity index (χ4v) is 2.89. The van der Waals surface area contributed by atoms with Crippen LogP contribution in [0.3, 0.4) is 0 Å². The summed E-state index contributed by atoms with van der Waals surface area (Å²) in [7, 11) is 0. The average molecular weight is 576 g/mol. The second-order valence-electron chi connectivity index (χ2n) is 9.27.